The Hall–Kier alpha value is -2.48. The van der Waals surface area contributed by atoms with Gasteiger partial charge in [0.2, 0.25) is 5.96 Å². The lowest BCUT2D eigenvalue weighted by Gasteiger charge is -1.96. The third kappa shape index (κ3) is 1.96. The number of hydrogen-bond acceptors (Lipinski definition) is 3. The van der Waals surface area contributed by atoms with E-state index in [0.717, 1.165) is 16.7 Å². The van der Waals surface area contributed by atoms with E-state index in [1.165, 1.54) is 0 Å². The SMILES string of the molecule is Cc1cc2cc(N=C(N)NC#N)ccc2o1. The highest BCUT2D eigenvalue weighted by atomic mass is 16.3. The number of guanidine groups is 1. The first-order chi connectivity index (χ1) is 7.69. The van der Waals surface area contributed by atoms with Crippen LogP contribution in [0.4, 0.5) is 5.69 Å². The second-order valence-electron chi connectivity index (χ2n) is 3.31. The molecule has 0 radical (unpaired) electrons. The minimum atomic E-state index is 0.0714. The Morgan fingerprint density at radius 1 is 1.50 bits per heavy atom. The Bertz CT molecular complexity index is 592. The molecule has 0 unspecified atom stereocenters. The molecular weight excluding hydrogens is 204 g/mol. The summed E-state index contributed by atoms with van der Waals surface area (Å²) in [6, 6.07) is 7.36. The Labute approximate surface area is 92.2 Å². The summed E-state index contributed by atoms with van der Waals surface area (Å²) < 4.78 is 5.43. The van der Waals surface area contributed by atoms with Crippen molar-refractivity contribution in [3.63, 3.8) is 0 Å². The van der Waals surface area contributed by atoms with E-state index in [9.17, 15) is 0 Å². The van der Waals surface area contributed by atoms with Crippen LogP contribution in [-0.4, -0.2) is 5.96 Å². The molecule has 16 heavy (non-hydrogen) atoms. The minimum Gasteiger partial charge on any atom is -0.461 e. The van der Waals surface area contributed by atoms with Crippen LogP contribution in [0.5, 0.6) is 0 Å². The van der Waals surface area contributed by atoms with E-state index in [0.29, 0.717) is 5.69 Å². The molecule has 1 aromatic heterocycles. The molecule has 1 aromatic carbocycles. The van der Waals surface area contributed by atoms with Gasteiger partial charge < -0.3 is 10.2 Å². The summed E-state index contributed by atoms with van der Waals surface area (Å²) in [6.45, 7) is 1.88. The number of nitrogens with one attached hydrogen (secondary N) is 1. The van der Waals surface area contributed by atoms with Crippen molar-refractivity contribution in [2.75, 3.05) is 0 Å². The molecule has 0 amide bonds. The molecule has 0 saturated heterocycles. The van der Waals surface area contributed by atoms with E-state index >= 15 is 0 Å². The van der Waals surface area contributed by atoms with E-state index in [2.05, 4.69) is 10.3 Å². The molecule has 0 spiro atoms. The summed E-state index contributed by atoms with van der Waals surface area (Å²) in [5, 5.41) is 11.6. The largest absolute Gasteiger partial charge is 0.461 e. The lowest BCUT2D eigenvalue weighted by atomic mass is 10.2. The molecule has 0 fully saturated rings. The zero-order chi connectivity index (χ0) is 11.5. The van der Waals surface area contributed by atoms with Gasteiger partial charge in [-0.1, -0.05) is 0 Å². The maximum Gasteiger partial charge on any atom is 0.207 e. The third-order valence-corrected chi connectivity index (χ3v) is 2.06. The van der Waals surface area contributed by atoms with Crippen LogP contribution in [0.3, 0.4) is 0 Å². The van der Waals surface area contributed by atoms with Gasteiger partial charge in [0, 0.05) is 5.39 Å². The van der Waals surface area contributed by atoms with Gasteiger partial charge in [-0.25, -0.2) is 4.99 Å². The molecule has 5 nitrogen and oxygen atoms in total. The highest BCUT2D eigenvalue weighted by Crippen LogP contribution is 2.23. The number of aliphatic imine (C=N–C) groups is 1. The molecule has 5 heteroatoms. The van der Waals surface area contributed by atoms with Crippen LogP contribution in [0.1, 0.15) is 5.76 Å². The number of aryl methyl sites for hydroxylation is 1. The fourth-order valence-electron chi connectivity index (χ4n) is 1.46. The van der Waals surface area contributed by atoms with Gasteiger partial charge in [-0.3, -0.25) is 5.32 Å². The maximum atomic E-state index is 8.35. The number of furan rings is 1. The summed E-state index contributed by atoms with van der Waals surface area (Å²) in [6.07, 6.45) is 1.70. The summed E-state index contributed by atoms with van der Waals surface area (Å²) in [5.74, 6) is 0.918. The molecule has 2 aromatic rings. The van der Waals surface area contributed by atoms with Gasteiger partial charge in [-0.15, -0.1) is 0 Å². The van der Waals surface area contributed by atoms with Gasteiger partial charge in [-0.2, -0.15) is 5.26 Å². The van der Waals surface area contributed by atoms with Gasteiger partial charge in [-0.05, 0) is 31.2 Å². The molecule has 0 saturated carbocycles. The monoisotopic (exact) mass is 214 g/mol. The molecular formula is C11H10N4O. The highest BCUT2D eigenvalue weighted by molar-refractivity contribution is 5.85. The van der Waals surface area contributed by atoms with Crippen molar-refractivity contribution < 1.29 is 4.42 Å². The standard InChI is InChI=1S/C11H10N4O/c1-7-4-8-5-9(2-3-10(8)16-7)15-11(13)14-6-12/h2-5H,1H3,(H3,13,14,15). The van der Waals surface area contributed by atoms with Gasteiger partial charge in [0.25, 0.3) is 0 Å². The summed E-state index contributed by atoms with van der Waals surface area (Å²) >= 11 is 0. The quantitative estimate of drug-likeness (QED) is 0.327. The number of benzene rings is 1. The van der Waals surface area contributed by atoms with Crippen molar-refractivity contribution >= 4 is 22.6 Å². The number of rotatable bonds is 1. The molecule has 3 N–H and O–H groups in total. The first-order valence-electron chi connectivity index (χ1n) is 4.68. The first-order valence-corrected chi connectivity index (χ1v) is 4.68. The molecule has 0 aliphatic carbocycles. The average molecular weight is 214 g/mol. The van der Waals surface area contributed by atoms with E-state index in [-0.39, 0.29) is 5.96 Å². The van der Waals surface area contributed by atoms with Crippen molar-refractivity contribution in [3.05, 3.63) is 30.0 Å². The van der Waals surface area contributed by atoms with Crippen LogP contribution in [0.25, 0.3) is 11.0 Å². The Morgan fingerprint density at radius 2 is 2.31 bits per heavy atom. The topological polar surface area (TPSA) is 87.3 Å². The van der Waals surface area contributed by atoms with Crippen molar-refractivity contribution in [1.82, 2.24) is 5.32 Å². The third-order valence-electron chi connectivity index (χ3n) is 2.06. The number of fused-ring (bicyclic) bond motifs is 1. The lowest BCUT2D eigenvalue weighted by Crippen LogP contribution is -2.26. The zero-order valence-corrected chi connectivity index (χ0v) is 8.69. The van der Waals surface area contributed by atoms with E-state index in [1.807, 2.05) is 25.1 Å². The second kappa shape index (κ2) is 3.95. The van der Waals surface area contributed by atoms with Gasteiger partial charge in [0.1, 0.15) is 11.3 Å². The molecule has 0 bridgehead atoms. The van der Waals surface area contributed by atoms with Gasteiger partial charge in [0.15, 0.2) is 6.19 Å². The van der Waals surface area contributed by atoms with Crippen LogP contribution < -0.4 is 11.1 Å². The molecule has 2 rings (SSSR count). The average Bonchev–Trinajstić information content (AvgIpc) is 2.57. The van der Waals surface area contributed by atoms with Crippen LogP contribution >= 0.6 is 0 Å². The summed E-state index contributed by atoms with van der Waals surface area (Å²) in [4.78, 5) is 4.03. The predicted octanol–water partition coefficient (Wildman–Crippen LogP) is 1.76. The second-order valence-corrected chi connectivity index (χ2v) is 3.31. The number of nitriles is 1. The van der Waals surface area contributed by atoms with Crippen LogP contribution in [0.2, 0.25) is 0 Å². The van der Waals surface area contributed by atoms with Crippen molar-refractivity contribution in [2.45, 2.75) is 6.92 Å². The van der Waals surface area contributed by atoms with E-state index < -0.39 is 0 Å². The lowest BCUT2D eigenvalue weighted by molar-refractivity contribution is 0.578. The normalized spacial score (nSPS) is 11.4. The minimum absolute atomic E-state index is 0.0714. The van der Waals surface area contributed by atoms with Gasteiger partial charge in [0.05, 0.1) is 5.69 Å². The molecule has 0 atom stereocenters. The molecule has 1 heterocycles. The van der Waals surface area contributed by atoms with Crippen molar-refractivity contribution in [3.8, 4) is 6.19 Å². The van der Waals surface area contributed by atoms with E-state index in [1.54, 1.807) is 12.3 Å². The smallest absolute Gasteiger partial charge is 0.207 e. The zero-order valence-electron chi connectivity index (χ0n) is 8.69. The first kappa shape index (κ1) is 10.1. The van der Waals surface area contributed by atoms with Gasteiger partial charge >= 0.3 is 0 Å². The summed E-state index contributed by atoms with van der Waals surface area (Å²) in [7, 11) is 0. The van der Waals surface area contributed by atoms with Crippen LogP contribution in [-0.2, 0) is 0 Å². The van der Waals surface area contributed by atoms with Crippen LogP contribution in [0.15, 0.2) is 33.7 Å². The fraction of sp³-hybridized carbons (Fsp3) is 0.0909. The van der Waals surface area contributed by atoms with Crippen molar-refractivity contribution in [1.29, 1.82) is 5.26 Å². The molecule has 0 aliphatic rings. The van der Waals surface area contributed by atoms with E-state index in [4.69, 9.17) is 15.4 Å². The number of nitrogens with zero attached hydrogens (tertiary/aromatic N) is 2. The molecule has 80 valence electrons. The summed E-state index contributed by atoms with van der Waals surface area (Å²) in [5.41, 5.74) is 6.94. The fourth-order valence-corrected chi connectivity index (χ4v) is 1.46. The number of hydrogen-bond donors (Lipinski definition) is 2. The Morgan fingerprint density at radius 3 is 3.06 bits per heavy atom. The maximum absolute atomic E-state index is 8.35. The predicted molar refractivity (Wildman–Crippen MR) is 61.0 cm³/mol. The Balaban J connectivity index is 2.40. The van der Waals surface area contributed by atoms with Crippen LogP contribution in [0, 0.1) is 18.4 Å². The van der Waals surface area contributed by atoms with Crippen molar-refractivity contribution in [2.24, 2.45) is 10.7 Å². The number of nitrogens with two attached hydrogens (primary N) is 1. The highest BCUT2D eigenvalue weighted by Gasteiger charge is 2.01. The molecule has 0 aliphatic heterocycles. The Kier molecular flexibility index (Phi) is 2.48.